The van der Waals surface area contributed by atoms with Gasteiger partial charge in [-0.15, -0.1) is 0 Å². The molecule has 0 radical (unpaired) electrons. The molecular weight excluding hydrogens is 456 g/mol. The topological polar surface area (TPSA) is 84.9 Å². The first-order valence-corrected chi connectivity index (χ1v) is 12.1. The first kappa shape index (κ1) is 25.0. The van der Waals surface area contributed by atoms with Crippen LogP contribution in [-0.4, -0.2) is 42.9 Å². The van der Waals surface area contributed by atoms with Gasteiger partial charge < -0.3 is 19.7 Å². The summed E-state index contributed by atoms with van der Waals surface area (Å²) in [6.45, 7) is 5.09. The first-order chi connectivity index (χ1) is 17.4. The molecule has 0 fully saturated rings. The highest BCUT2D eigenvalue weighted by Crippen LogP contribution is 2.30. The van der Waals surface area contributed by atoms with E-state index in [1.54, 1.807) is 23.1 Å². The van der Waals surface area contributed by atoms with Crippen molar-refractivity contribution < 1.29 is 23.9 Å². The summed E-state index contributed by atoms with van der Waals surface area (Å²) in [6.07, 6.45) is 0.609. The van der Waals surface area contributed by atoms with Gasteiger partial charge in [0.1, 0.15) is 5.75 Å². The normalized spacial score (nSPS) is 13.2. The fourth-order valence-corrected chi connectivity index (χ4v) is 4.37. The summed E-state index contributed by atoms with van der Waals surface area (Å²) < 4.78 is 10.4. The predicted molar refractivity (Wildman–Crippen MR) is 138 cm³/mol. The first-order valence-electron chi connectivity index (χ1n) is 12.1. The van der Waals surface area contributed by atoms with Gasteiger partial charge in [0.2, 0.25) is 0 Å². The summed E-state index contributed by atoms with van der Waals surface area (Å²) in [5.41, 5.74) is 4.56. The molecule has 1 N–H and O–H groups in total. The predicted octanol–water partition coefficient (Wildman–Crippen LogP) is 5.16. The van der Waals surface area contributed by atoms with Crippen molar-refractivity contribution in [3.63, 3.8) is 0 Å². The second kappa shape index (κ2) is 11.1. The van der Waals surface area contributed by atoms with Crippen molar-refractivity contribution in [1.82, 2.24) is 4.90 Å². The maximum absolute atomic E-state index is 13.0. The number of carbonyl (C=O) groups is 3. The number of hydrogen-bond acceptors (Lipinski definition) is 5. The SMILES string of the molecule is CCOc1ccccc1C(=O)Nc1ccc(-c2ccc3c(c2)C(=O)N(CC(CC)C(=O)OC)C3)cc1. The molecule has 1 heterocycles. The van der Waals surface area contributed by atoms with Crippen LogP contribution < -0.4 is 10.1 Å². The Hall–Kier alpha value is -4.13. The summed E-state index contributed by atoms with van der Waals surface area (Å²) in [6, 6.07) is 20.5. The third-order valence-electron chi connectivity index (χ3n) is 6.36. The van der Waals surface area contributed by atoms with E-state index < -0.39 is 0 Å². The molecule has 0 bridgehead atoms. The zero-order chi connectivity index (χ0) is 25.7. The smallest absolute Gasteiger partial charge is 0.310 e. The van der Waals surface area contributed by atoms with Crippen LogP contribution in [0.5, 0.6) is 5.75 Å². The number of nitrogens with zero attached hydrogens (tertiary/aromatic N) is 1. The van der Waals surface area contributed by atoms with Crippen molar-refractivity contribution in [1.29, 1.82) is 0 Å². The van der Waals surface area contributed by atoms with E-state index >= 15 is 0 Å². The molecule has 3 aromatic rings. The Kier molecular flexibility index (Phi) is 7.68. The van der Waals surface area contributed by atoms with Gasteiger partial charge in [-0.05, 0) is 60.4 Å². The molecule has 1 unspecified atom stereocenters. The zero-order valence-electron chi connectivity index (χ0n) is 20.7. The van der Waals surface area contributed by atoms with Crippen LogP contribution in [0.25, 0.3) is 11.1 Å². The molecule has 0 aliphatic carbocycles. The second-order valence-electron chi connectivity index (χ2n) is 8.65. The Bertz CT molecular complexity index is 1270. The number of hydrogen-bond donors (Lipinski definition) is 1. The minimum atomic E-state index is -0.337. The van der Waals surface area contributed by atoms with E-state index in [2.05, 4.69) is 5.32 Å². The standard InChI is InChI=1S/C29H30N2O5/c1-4-19(29(34)35-3)17-31-18-22-11-10-21(16-25(22)28(31)33)20-12-14-23(15-13-20)30-27(32)24-8-6-7-9-26(24)36-5-2/h6-16,19H,4-5,17-18H2,1-3H3,(H,30,32). The lowest BCUT2D eigenvalue weighted by atomic mass is 10.00. The molecule has 0 spiro atoms. The maximum atomic E-state index is 13.0. The van der Waals surface area contributed by atoms with E-state index in [-0.39, 0.29) is 23.7 Å². The van der Waals surface area contributed by atoms with Gasteiger partial charge in [0.25, 0.3) is 11.8 Å². The molecule has 0 saturated carbocycles. The number of esters is 1. The average molecular weight is 487 g/mol. The molecular formula is C29H30N2O5. The third kappa shape index (κ3) is 5.25. The van der Waals surface area contributed by atoms with Gasteiger partial charge in [0, 0.05) is 24.3 Å². The molecule has 36 heavy (non-hydrogen) atoms. The number of ether oxygens (including phenoxy) is 2. The zero-order valence-corrected chi connectivity index (χ0v) is 20.7. The van der Waals surface area contributed by atoms with Crippen LogP contribution in [0.15, 0.2) is 66.7 Å². The van der Waals surface area contributed by atoms with Crippen LogP contribution in [0.2, 0.25) is 0 Å². The monoisotopic (exact) mass is 486 g/mol. The molecule has 1 atom stereocenters. The minimum absolute atomic E-state index is 0.0777. The number of carbonyl (C=O) groups excluding carboxylic acids is 3. The Morgan fingerprint density at radius 3 is 2.42 bits per heavy atom. The Morgan fingerprint density at radius 2 is 1.72 bits per heavy atom. The molecule has 186 valence electrons. The lowest BCUT2D eigenvalue weighted by Crippen LogP contribution is -2.33. The van der Waals surface area contributed by atoms with Gasteiger partial charge in [-0.1, -0.05) is 43.3 Å². The summed E-state index contributed by atoms with van der Waals surface area (Å²) in [4.78, 5) is 39.5. The molecule has 1 aliphatic rings. The fraction of sp³-hybridized carbons (Fsp3) is 0.276. The van der Waals surface area contributed by atoms with Crippen molar-refractivity contribution in [2.45, 2.75) is 26.8 Å². The summed E-state index contributed by atoms with van der Waals surface area (Å²) in [7, 11) is 1.37. The highest BCUT2D eigenvalue weighted by molar-refractivity contribution is 6.06. The largest absolute Gasteiger partial charge is 0.493 e. The van der Waals surface area contributed by atoms with Crippen LogP contribution in [0.4, 0.5) is 5.69 Å². The molecule has 2 amide bonds. The summed E-state index contributed by atoms with van der Waals surface area (Å²) >= 11 is 0. The van der Waals surface area contributed by atoms with Crippen LogP contribution in [0.1, 0.15) is 46.5 Å². The van der Waals surface area contributed by atoms with Crippen molar-refractivity contribution in [3.05, 3.63) is 83.4 Å². The Morgan fingerprint density at radius 1 is 1.00 bits per heavy atom. The molecule has 4 rings (SSSR count). The fourth-order valence-electron chi connectivity index (χ4n) is 4.37. The van der Waals surface area contributed by atoms with Gasteiger partial charge in [0.15, 0.2) is 0 Å². The van der Waals surface area contributed by atoms with Crippen LogP contribution in [0.3, 0.4) is 0 Å². The molecule has 7 nitrogen and oxygen atoms in total. The maximum Gasteiger partial charge on any atom is 0.310 e. The van der Waals surface area contributed by atoms with Gasteiger partial charge in [-0.3, -0.25) is 14.4 Å². The number of amides is 2. The Balaban J connectivity index is 1.46. The highest BCUT2D eigenvalue weighted by Gasteiger charge is 2.31. The number of nitrogens with one attached hydrogen (secondary N) is 1. The van der Waals surface area contributed by atoms with Crippen LogP contribution in [0, 0.1) is 5.92 Å². The number of fused-ring (bicyclic) bond motifs is 1. The average Bonchev–Trinajstić information content (AvgIpc) is 3.22. The molecule has 1 aliphatic heterocycles. The van der Waals surface area contributed by atoms with Gasteiger partial charge in [0.05, 0.1) is 25.2 Å². The number of rotatable bonds is 9. The van der Waals surface area contributed by atoms with E-state index in [1.807, 2.05) is 62.4 Å². The van der Waals surface area contributed by atoms with Crippen molar-refractivity contribution >= 4 is 23.5 Å². The lowest BCUT2D eigenvalue weighted by Gasteiger charge is -2.20. The second-order valence-corrected chi connectivity index (χ2v) is 8.65. The summed E-state index contributed by atoms with van der Waals surface area (Å²) in [5.74, 6) is -0.410. The number of anilines is 1. The van der Waals surface area contributed by atoms with E-state index in [0.717, 1.165) is 16.7 Å². The number of benzene rings is 3. The quantitative estimate of drug-likeness (QED) is 0.423. The van der Waals surface area contributed by atoms with E-state index in [9.17, 15) is 14.4 Å². The van der Waals surface area contributed by atoms with E-state index in [1.165, 1.54) is 7.11 Å². The van der Waals surface area contributed by atoms with Crippen LogP contribution in [-0.2, 0) is 16.1 Å². The molecule has 7 heteroatoms. The van der Waals surface area contributed by atoms with Gasteiger partial charge in [-0.25, -0.2) is 0 Å². The van der Waals surface area contributed by atoms with E-state index in [4.69, 9.17) is 9.47 Å². The molecule has 3 aromatic carbocycles. The third-order valence-corrected chi connectivity index (χ3v) is 6.36. The lowest BCUT2D eigenvalue weighted by molar-refractivity contribution is -0.146. The van der Waals surface area contributed by atoms with Crippen LogP contribution >= 0.6 is 0 Å². The van der Waals surface area contributed by atoms with Crippen molar-refractivity contribution in [3.8, 4) is 16.9 Å². The summed E-state index contributed by atoms with van der Waals surface area (Å²) in [5, 5.41) is 2.91. The molecule has 0 aromatic heterocycles. The van der Waals surface area contributed by atoms with Gasteiger partial charge in [-0.2, -0.15) is 0 Å². The highest BCUT2D eigenvalue weighted by atomic mass is 16.5. The van der Waals surface area contributed by atoms with Gasteiger partial charge >= 0.3 is 5.97 Å². The Labute approximate surface area is 211 Å². The minimum Gasteiger partial charge on any atom is -0.493 e. The van der Waals surface area contributed by atoms with Crippen molar-refractivity contribution in [2.75, 3.05) is 25.6 Å². The molecule has 0 saturated heterocycles. The number of para-hydroxylation sites is 1. The van der Waals surface area contributed by atoms with E-state index in [0.29, 0.717) is 48.7 Å². The van der Waals surface area contributed by atoms with Crippen molar-refractivity contribution in [2.24, 2.45) is 5.92 Å². The number of methoxy groups -OCH3 is 1.